The fourth-order valence-electron chi connectivity index (χ4n) is 0.920. The highest BCUT2D eigenvalue weighted by Gasteiger charge is 2.14. The second kappa shape index (κ2) is 4.93. The minimum absolute atomic E-state index is 0.102. The summed E-state index contributed by atoms with van der Waals surface area (Å²) in [6.07, 6.45) is 2.00. The van der Waals surface area contributed by atoms with Crippen LogP contribution in [0.25, 0.3) is 0 Å². The zero-order valence-corrected chi connectivity index (χ0v) is 8.84. The van der Waals surface area contributed by atoms with Crippen molar-refractivity contribution in [2.45, 2.75) is 19.8 Å². The Morgan fingerprint density at radius 1 is 1.73 bits per heavy atom. The van der Waals surface area contributed by atoms with Crippen molar-refractivity contribution in [3.05, 3.63) is 17.2 Å². The second-order valence-corrected chi connectivity index (χ2v) is 3.22. The summed E-state index contributed by atoms with van der Waals surface area (Å²) in [5, 5.41) is -0.345. The molecular formula is C9H10ClFN2O2. The standard InChI is InChI=1S/C9H10ClFN2O2/c1-2-3-6(14)15-5-4-13-9(10)7(11)8(5)12/h4H,2-3H2,1H3,(H2,12,13). The molecular weight excluding hydrogens is 223 g/mol. The summed E-state index contributed by atoms with van der Waals surface area (Å²) in [6.45, 7) is 1.82. The maximum absolute atomic E-state index is 13.1. The van der Waals surface area contributed by atoms with Crippen LogP contribution in [0.4, 0.5) is 10.1 Å². The van der Waals surface area contributed by atoms with Crippen LogP contribution in [0.1, 0.15) is 19.8 Å². The summed E-state index contributed by atoms with van der Waals surface area (Å²) in [4.78, 5) is 14.6. The number of nitrogen functional groups attached to an aromatic ring is 1. The molecule has 0 aliphatic heterocycles. The molecule has 15 heavy (non-hydrogen) atoms. The van der Waals surface area contributed by atoms with Gasteiger partial charge in [0.15, 0.2) is 16.7 Å². The Morgan fingerprint density at radius 3 is 3.00 bits per heavy atom. The van der Waals surface area contributed by atoms with E-state index in [2.05, 4.69) is 4.98 Å². The predicted octanol–water partition coefficient (Wildman–Crippen LogP) is 2.16. The first-order valence-corrected chi connectivity index (χ1v) is 4.74. The lowest BCUT2D eigenvalue weighted by atomic mass is 10.3. The minimum atomic E-state index is -0.876. The Bertz CT molecular complexity index is 385. The molecule has 0 saturated carbocycles. The quantitative estimate of drug-likeness (QED) is 0.641. The van der Waals surface area contributed by atoms with Crippen LogP contribution in [0.3, 0.4) is 0 Å². The number of rotatable bonds is 3. The Balaban J connectivity index is 2.87. The third-order valence-corrected chi connectivity index (χ3v) is 1.92. The van der Waals surface area contributed by atoms with Crippen molar-refractivity contribution in [1.82, 2.24) is 4.98 Å². The molecule has 0 fully saturated rings. The van der Waals surface area contributed by atoms with Gasteiger partial charge in [0, 0.05) is 6.42 Å². The number of ether oxygens (including phenoxy) is 1. The third-order valence-electron chi connectivity index (χ3n) is 1.66. The number of aromatic nitrogens is 1. The van der Waals surface area contributed by atoms with E-state index >= 15 is 0 Å². The van der Waals surface area contributed by atoms with Crippen LogP contribution < -0.4 is 10.5 Å². The van der Waals surface area contributed by atoms with Gasteiger partial charge in [0.25, 0.3) is 0 Å². The maximum atomic E-state index is 13.1. The third kappa shape index (κ3) is 2.79. The summed E-state index contributed by atoms with van der Waals surface area (Å²) < 4.78 is 17.9. The smallest absolute Gasteiger partial charge is 0.311 e. The van der Waals surface area contributed by atoms with Gasteiger partial charge in [-0.3, -0.25) is 4.79 Å². The number of carbonyl (C=O) groups is 1. The molecule has 2 N–H and O–H groups in total. The molecule has 0 aliphatic carbocycles. The average Bonchev–Trinajstić information content (AvgIpc) is 2.20. The van der Waals surface area contributed by atoms with Gasteiger partial charge < -0.3 is 10.5 Å². The molecule has 4 nitrogen and oxygen atoms in total. The molecule has 1 heterocycles. The lowest BCUT2D eigenvalue weighted by molar-refractivity contribution is -0.134. The van der Waals surface area contributed by atoms with Crippen LogP contribution in [0, 0.1) is 5.82 Å². The monoisotopic (exact) mass is 232 g/mol. The molecule has 0 unspecified atom stereocenters. The van der Waals surface area contributed by atoms with Crippen molar-refractivity contribution in [1.29, 1.82) is 0 Å². The highest BCUT2D eigenvalue weighted by molar-refractivity contribution is 6.29. The Hall–Kier alpha value is -1.36. The van der Waals surface area contributed by atoms with Crippen molar-refractivity contribution in [3.8, 4) is 5.75 Å². The van der Waals surface area contributed by atoms with Crippen LogP contribution in [0.15, 0.2) is 6.20 Å². The molecule has 0 radical (unpaired) electrons. The zero-order chi connectivity index (χ0) is 11.4. The van der Waals surface area contributed by atoms with E-state index in [1.807, 2.05) is 6.92 Å². The highest BCUT2D eigenvalue weighted by Crippen LogP contribution is 2.27. The number of esters is 1. The number of carbonyl (C=O) groups excluding carboxylic acids is 1. The summed E-state index contributed by atoms with van der Waals surface area (Å²) in [6, 6.07) is 0. The lowest BCUT2D eigenvalue weighted by Gasteiger charge is -2.06. The molecule has 0 saturated heterocycles. The van der Waals surface area contributed by atoms with E-state index in [9.17, 15) is 9.18 Å². The largest absolute Gasteiger partial charge is 0.423 e. The number of anilines is 1. The van der Waals surface area contributed by atoms with Gasteiger partial charge in [0.05, 0.1) is 6.20 Å². The first-order chi connectivity index (χ1) is 7.06. The van der Waals surface area contributed by atoms with Crippen molar-refractivity contribution < 1.29 is 13.9 Å². The number of halogens is 2. The first-order valence-electron chi connectivity index (χ1n) is 4.36. The van der Waals surface area contributed by atoms with E-state index in [1.165, 1.54) is 0 Å². The molecule has 82 valence electrons. The summed E-state index contributed by atoms with van der Waals surface area (Å²) in [5.41, 5.74) is 5.05. The van der Waals surface area contributed by atoms with Gasteiger partial charge in [-0.1, -0.05) is 18.5 Å². The molecule has 0 spiro atoms. The van der Waals surface area contributed by atoms with Crippen molar-refractivity contribution >= 4 is 23.3 Å². The fourth-order valence-corrected chi connectivity index (χ4v) is 1.07. The summed E-state index contributed by atoms with van der Waals surface area (Å²) >= 11 is 5.38. The van der Waals surface area contributed by atoms with Crippen LogP contribution in [0.5, 0.6) is 5.75 Å². The van der Waals surface area contributed by atoms with Crippen LogP contribution >= 0.6 is 11.6 Å². The molecule has 0 bridgehead atoms. The normalized spacial score (nSPS) is 10.1. The number of hydrogen-bond acceptors (Lipinski definition) is 4. The predicted molar refractivity (Wildman–Crippen MR) is 54.2 cm³/mol. The molecule has 0 amide bonds. The summed E-state index contributed by atoms with van der Waals surface area (Å²) in [5.74, 6) is -1.46. The Kier molecular flexibility index (Phi) is 3.85. The van der Waals surface area contributed by atoms with E-state index in [1.54, 1.807) is 0 Å². The van der Waals surface area contributed by atoms with Crippen LogP contribution in [0.2, 0.25) is 5.15 Å². The molecule has 1 rings (SSSR count). The Morgan fingerprint density at radius 2 is 2.40 bits per heavy atom. The lowest BCUT2D eigenvalue weighted by Crippen LogP contribution is -2.09. The number of nitrogens with zero attached hydrogens (tertiary/aromatic N) is 1. The van der Waals surface area contributed by atoms with Crippen LogP contribution in [-0.4, -0.2) is 11.0 Å². The zero-order valence-electron chi connectivity index (χ0n) is 8.09. The Labute approximate surface area is 91.2 Å². The molecule has 0 aromatic carbocycles. The van der Waals surface area contributed by atoms with Gasteiger partial charge in [-0.15, -0.1) is 0 Å². The van der Waals surface area contributed by atoms with E-state index in [4.69, 9.17) is 22.1 Å². The van der Waals surface area contributed by atoms with Crippen molar-refractivity contribution in [3.63, 3.8) is 0 Å². The molecule has 1 aromatic rings. The van der Waals surface area contributed by atoms with Crippen molar-refractivity contribution in [2.75, 3.05) is 5.73 Å². The second-order valence-electron chi connectivity index (χ2n) is 2.86. The van der Waals surface area contributed by atoms with E-state index < -0.39 is 11.8 Å². The van der Waals surface area contributed by atoms with Crippen LogP contribution in [-0.2, 0) is 4.79 Å². The van der Waals surface area contributed by atoms with Gasteiger partial charge in [-0.25, -0.2) is 9.37 Å². The summed E-state index contributed by atoms with van der Waals surface area (Å²) in [7, 11) is 0. The number of hydrogen-bond donors (Lipinski definition) is 1. The topological polar surface area (TPSA) is 65.2 Å². The molecule has 0 aliphatic rings. The van der Waals surface area contributed by atoms with E-state index in [0.29, 0.717) is 6.42 Å². The van der Waals surface area contributed by atoms with Gasteiger partial charge in [-0.2, -0.15) is 0 Å². The van der Waals surface area contributed by atoms with E-state index in [-0.39, 0.29) is 23.0 Å². The number of nitrogens with two attached hydrogens (primary N) is 1. The average molecular weight is 233 g/mol. The highest BCUT2D eigenvalue weighted by atomic mass is 35.5. The SMILES string of the molecule is CCCC(=O)Oc1cnc(Cl)c(F)c1N. The number of pyridine rings is 1. The van der Waals surface area contributed by atoms with Crippen molar-refractivity contribution in [2.24, 2.45) is 0 Å². The van der Waals surface area contributed by atoms with E-state index in [0.717, 1.165) is 6.20 Å². The first kappa shape index (κ1) is 11.7. The van der Waals surface area contributed by atoms with Gasteiger partial charge in [0.1, 0.15) is 5.69 Å². The van der Waals surface area contributed by atoms with Gasteiger partial charge in [0.2, 0.25) is 0 Å². The van der Waals surface area contributed by atoms with Gasteiger partial charge in [-0.05, 0) is 6.42 Å². The molecule has 1 aromatic heterocycles. The minimum Gasteiger partial charge on any atom is -0.423 e. The molecule has 6 heteroatoms. The molecule has 0 atom stereocenters. The maximum Gasteiger partial charge on any atom is 0.311 e. The fraction of sp³-hybridized carbons (Fsp3) is 0.333. The van der Waals surface area contributed by atoms with Gasteiger partial charge >= 0.3 is 5.97 Å².